The third kappa shape index (κ3) is 3.16. The van der Waals surface area contributed by atoms with Gasteiger partial charge in [-0.1, -0.05) is 0 Å². The van der Waals surface area contributed by atoms with E-state index in [2.05, 4.69) is 0 Å². The standard InChI is InChI=1S/C13H15ClFNO3/c1-8-6-16(7-10(5-14)19-8)13(18)11-4-9(15)2-3-12(11)17/h2-4,8,10,17H,5-7H2,1H3. The Labute approximate surface area is 115 Å². The van der Waals surface area contributed by atoms with Crippen LogP contribution in [0.2, 0.25) is 0 Å². The number of benzene rings is 1. The molecule has 4 nitrogen and oxygen atoms in total. The highest BCUT2D eigenvalue weighted by Crippen LogP contribution is 2.22. The number of ether oxygens (including phenoxy) is 1. The highest BCUT2D eigenvalue weighted by Gasteiger charge is 2.29. The molecule has 0 aromatic heterocycles. The van der Waals surface area contributed by atoms with Crippen LogP contribution < -0.4 is 0 Å². The van der Waals surface area contributed by atoms with E-state index in [1.54, 1.807) is 0 Å². The number of halogens is 2. The molecule has 1 heterocycles. The zero-order valence-electron chi connectivity index (χ0n) is 10.5. The molecule has 19 heavy (non-hydrogen) atoms. The monoisotopic (exact) mass is 287 g/mol. The van der Waals surface area contributed by atoms with Gasteiger partial charge in [-0.3, -0.25) is 4.79 Å². The van der Waals surface area contributed by atoms with Crippen molar-refractivity contribution in [1.29, 1.82) is 0 Å². The Bertz CT molecular complexity index is 483. The third-order valence-electron chi connectivity index (χ3n) is 2.97. The third-order valence-corrected chi connectivity index (χ3v) is 3.32. The molecule has 2 rings (SSSR count). The first-order valence-corrected chi connectivity index (χ1v) is 6.54. The van der Waals surface area contributed by atoms with Crippen molar-refractivity contribution in [2.75, 3.05) is 19.0 Å². The summed E-state index contributed by atoms with van der Waals surface area (Å²) in [4.78, 5) is 13.8. The molecule has 1 aromatic rings. The number of hydrogen-bond donors (Lipinski definition) is 1. The number of phenols is 1. The highest BCUT2D eigenvalue weighted by molar-refractivity contribution is 6.18. The molecule has 1 aromatic carbocycles. The summed E-state index contributed by atoms with van der Waals surface area (Å²) in [7, 11) is 0. The fourth-order valence-corrected chi connectivity index (χ4v) is 2.32. The van der Waals surface area contributed by atoms with Gasteiger partial charge in [-0.05, 0) is 25.1 Å². The van der Waals surface area contributed by atoms with Crippen LogP contribution in [0, 0.1) is 5.82 Å². The van der Waals surface area contributed by atoms with Gasteiger partial charge >= 0.3 is 0 Å². The van der Waals surface area contributed by atoms with Gasteiger partial charge in [-0.15, -0.1) is 11.6 Å². The quantitative estimate of drug-likeness (QED) is 0.847. The summed E-state index contributed by atoms with van der Waals surface area (Å²) in [5.74, 6) is -0.921. The number of carbonyl (C=O) groups is 1. The smallest absolute Gasteiger partial charge is 0.257 e. The van der Waals surface area contributed by atoms with Crippen LogP contribution in [0.1, 0.15) is 17.3 Å². The Morgan fingerprint density at radius 3 is 3.00 bits per heavy atom. The molecule has 2 unspecified atom stereocenters. The van der Waals surface area contributed by atoms with Crippen molar-refractivity contribution in [2.24, 2.45) is 0 Å². The Hall–Kier alpha value is -1.33. The number of nitrogens with zero attached hydrogens (tertiary/aromatic N) is 1. The van der Waals surface area contributed by atoms with E-state index in [1.165, 1.54) is 11.0 Å². The summed E-state index contributed by atoms with van der Waals surface area (Å²) < 4.78 is 18.7. The van der Waals surface area contributed by atoms with E-state index in [1.807, 2.05) is 6.92 Å². The summed E-state index contributed by atoms with van der Waals surface area (Å²) in [6.07, 6.45) is -0.387. The van der Waals surface area contributed by atoms with Gasteiger partial charge in [0.15, 0.2) is 0 Å². The summed E-state index contributed by atoms with van der Waals surface area (Å²) >= 11 is 5.75. The van der Waals surface area contributed by atoms with E-state index in [0.29, 0.717) is 13.1 Å². The first-order chi connectivity index (χ1) is 9.01. The topological polar surface area (TPSA) is 49.8 Å². The van der Waals surface area contributed by atoms with Crippen molar-refractivity contribution in [1.82, 2.24) is 4.90 Å². The first-order valence-electron chi connectivity index (χ1n) is 6.00. The van der Waals surface area contributed by atoms with Crippen LogP contribution in [0.4, 0.5) is 4.39 Å². The van der Waals surface area contributed by atoms with Crippen LogP contribution in [0.15, 0.2) is 18.2 Å². The molecule has 2 atom stereocenters. The molecule has 1 N–H and O–H groups in total. The van der Waals surface area contributed by atoms with E-state index >= 15 is 0 Å². The number of aromatic hydroxyl groups is 1. The van der Waals surface area contributed by atoms with E-state index in [-0.39, 0.29) is 29.4 Å². The number of hydrogen-bond acceptors (Lipinski definition) is 3. The highest BCUT2D eigenvalue weighted by atomic mass is 35.5. The molecule has 1 aliphatic rings. The van der Waals surface area contributed by atoms with Crippen molar-refractivity contribution in [2.45, 2.75) is 19.1 Å². The molecule has 1 saturated heterocycles. The van der Waals surface area contributed by atoms with Gasteiger partial charge in [-0.2, -0.15) is 0 Å². The summed E-state index contributed by atoms with van der Waals surface area (Å²) in [5, 5.41) is 9.65. The molecule has 0 radical (unpaired) electrons. The van der Waals surface area contributed by atoms with Gasteiger partial charge in [0.25, 0.3) is 5.91 Å². The van der Waals surface area contributed by atoms with E-state index in [0.717, 1.165) is 12.1 Å². The molecule has 1 fully saturated rings. The Morgan fingerprint density at radius 2 is 2.32 bits per heavy atom. The fourth-order valence-electron chi connectivity index (χ4n) is 2.15. The molecule has 0 bridgehead atoms. The van der Waals surface area contributed by atoms with Crippen molar-refractivity contribution in [3.8, 4) is 5.75 Å². The van der Waals surface area contributed by atoms with Gasteiger partial charge in [0.05, 0.1) is 23.7 Å². The number of alkyl halides is 1. The Kier molecular flexibility index (Phi) is 4.27. The molecular weight excluding hydrogens is 273 g/mol. The van der Waals surface area contributed by atoms with Crippen LogP contribution in [0.25, 0.3) is 0 Å². The van der Waals surface area contributed by atoms with Crippen LogP contribution in [0.5, 0.6) is 5.75 Å². The zero-order chi connectivity index (χ0) is 14.0. The Balaban J connectivity index is 2.21. The molecule has 1 aliphatic heterocycles. The minimum absolute atomic E-state index is 0.0394. The Morgan fingerprint density at radius 1 is 1.58 bits per heavy atom. The van der Waals surface area contributed by atoms with Crippen LogP contribution in [0.3, 0.4) is 0 Å². The van der Waals surface area contributed by atoms with Crippen LogP contribution in [-0.2, 0) is 4.74 Å². The maximum atomic E-state index is 13.2. The molecule has 0 saturated carbocycles. The fraction of sp³-hybridized carbons (Fsp3) is 0.462. The maximum Gasteiger partial charge on any atom is 0.257 e. The largest absolute Gasteiger partial charge is 0.507 e. The van der Waals surface area contributed by atoms with E-state index < -0.39 is 11.7 Å². The zero-order valence-corrected chi connectivity index (χ0v) is 11.2. The number of rotatable bonds is 2. The molecule has 0 aliphatic carbocycles. The molecular formula is C13H15ClFNO3. The minimum atomic E-state index is -0.559. The average Bonchev–Trinajstić information content (AvgIpc) is 2.40. The lowest BCUT2D eigenvalue weighted by molar-refractivity contribution is -0.0571. The van der Waals surface area contributed by atoms with Gasteiger partial charge in [0.2, 0.25) is 0 Å². The molecule has 1 amide bonds. The summed E-state index contributed by atoms with van der Waals surface area (Å²) in [6, 6.07) is 3.31. The first kappa shape index (κ1) is 14.1. The number of morpholine rings is 1. The van der Waals surface area contributed by atoms with E-state index in [9.17, 15) is 14.3 Å². The second-order valence-corrected chi connectivity index (χ2v) is 4.90. The van der Waals surface area contributed by atoms with Crippen molar-refractivity contribution < 1.29 is 19.0 Å². The average molecular weight is 288 g/mol. The number of carbonyl (C=O) groups excluding carboxylic acids is 1. The van der Waals surface area contributed by atoms with Gasteiger partial charge in [0.1, 0.15) is 11.6 Å². The molecule has 6 heteroatoms. The predicted molar refractivity (Wildman–Crippen MR) is 69.0 cm³/mol. The van der Waals surface area contributed by atoms with Gasteiger partial charge < -0.3 is 14.7 Å². The normalized spacial score (nSPS) is 23.4. The molecule has 104 valence electrons. The van der Waals surface area contributed by atoms with Crippen LogP contribution in [-0.4, -0.2) is 47.1 Å². The lowest BCUT2D eigenvalue weighted by Gasteiger charge is -2.36. The second kappa shape index (κ2) is 5.75. The second-order valence-electron chi connectivity index (χ2n) is 4.59. The van der Waals surface area contributed by atoms with Gasteiger partial charge in [0, 0.05) is 13.1 Å². The SMILES string of the molecule is CC1CN(C(=O)c2cc(F)ccc2O)CC(CCl)O1. The maximum absolute atomic E-state index is 13.2. The lowest BCUT2D eigenvalue weighted by Crippen LogP contribution is -2.49. The number of phenolic OH excluding ortho intramolecular Hbond substituents is 1. The lowest BCUT2D eigenvalue weighted by atomic mass is 10.1. The van der Waals surface area contributed by atoms with Crippen molar-refractivity contribution in [3.05, 3.63) is 29.6 Å². The van der Waals surface area contributed by atoms with Gasteiger partial charge in [-0.25, -0.2) is 4.39 Å². The van der Waals surface area contributed by atoms with Crippen LogP contribution >= 0.6 is 11.6 Å². The summed E-state index contributed by atoms with van der Waals surface area (Å²) in [5.41, 5.74) is -0.0394. The minimum Gasteiger partial charge on any atom is -0.507 e. The predicted octanol–water partition coefficient (Wildman–Crippen LogP) is 2.00. The van der Waals surface area contributed by atoms with Crippen molar-refractivity contribution in [3.63, 3.8) is 0 Å². The summed E-state index contributed by atoms with van der Waals surface area (Å²) in [6.45, 7) is 2.56. The number of amides is 1. The molecule has 0 spiro atoms. The van der Waals surface area contributed by atoms with E-state index in [4.69, 9.17) is 16.3 Å². The van der Waals surface area contributed by atoms with Crippen molar-refractivity contribution >= 4 is 17.5 Å².